The number of para-hydroxylation sites is 1. The first-order valence-corrected chi connectivity index (χ1v) is 8.46. The molecule has 1 aliphatic rings. The summed E-state index contributed by atoms with van der Waals surface area (Å²) in [4.78, 5) is 24.4. The van der Waals surface area contributed by atoms with Crippen molar-refractivity contribution in [1.29, 1.82) is 5.41 Å². The lowest BCUT2D eigenvalue weighted by Crippen LogP contribution is -2.17. The summed E-state index contributed by atoms with van der Waals surface area (Å²) in [5.74, 6) is -0.464. The fourth-order valence-corrected chi connectivity index (χ4v) is 3.03. The van der Waals surface area contributed by atoms with Gasteiger partial charge in [0.2, 0.25) is 5.75 Å². The number of carbonyl (C=O) groups is 2. The van der Waals surface area contributed by atoms with E-state index < -0.39 is 17.8 Å². The van der Waals surface area contributed by atoms with E-state index in [1.165, 1.54) is 21.3 Å². The second-order valence-electron chi connectivity index (χ2n) is 6.02. The van der Waals surface area contributed by atoms with Crippen LogP contribution in [0, 0.1) is 5.41 Å². The van der Waals surface area contributed by atoms with Gasteiger partial charge in [-0.2, -0.15) is 0 Å². The van der Waals surface area contributed by atoms with Gasteiger partial charge in [0.1, 0.15) is 12.3 Å². The van der Waals surface area contributed by atoms with Gasteiger partial charge >= 0.3 is 5.97 Å². The summed E-state index contributed by atoms with van der Waals surface area (Å²) in [6, 6.07) is 10.1. The third kappa shape index (κ3) is 3.48. The summed E-state index contributed by atoms with van der Waals surface area (Å²) in [5.41, 5.74) is 1.31. The monoisotopic (exact) mass is 384 g/mol. The Morgan fingerprint density at radius 3 is 2.29 bits per heavy atom. The highest BCUT2D eigenvalue weighted by Gasteiger charge is 2.33. The molecule has 146 valence electrons. The van der Waals surface area contributed by atoms with Crippen LogP contribution in [0.1, 0.15) is 21.8 Å². The van der Waals surface area contributed by atoms with E-state index in [0.29, 0.717) is 34.1 Å². The Bertz CT molecular complexity index is 915. The van der Waals surface area contributed by atoms with Crippen molar-refractivity contribution < 1.29 is 28.5 Å². The van der Waals surface area contributed by atoms with Gasteiger partial charge in [0.25, 0.3) is 5.91 Å². The normalized spacial score (nSPS) is 15.8. The van der Waals surface area contributed by atoms with Crippen LogP contribution in [0.25, 0.3) is 0 Å². The second-order valence-corrected chi connectivity index (χ2v) is 6.02. The third-order valence-corrected chi connectivity index (χ3v) is 4.46. The lowest BCUT2D eigenvalue weighted by Gasteiger charge is -2.16. The first kappa shape index (κ1) is 19.2. The van der Waals surface area contributed by atoms with Crippen molar-refractivity contribution in [3.63, 3.8) is 0 Å². The molecule has 0 bridgehead atoms. The SMILES string of the molecule is COc1cc(C(=O)Nc2ccccc2[C@@H]2COC(=O)C2=N)cc(OC)c1OC. The molecule has 0 aliphatic carbocycles. The zero-order chi connectivity index (χ0) is 20.3. The molecule has 2 N–H and O–H groups in total. The maximum atomic E-state index is 12.8. The highest BCUT2D eigenvalue weighted by molar-refractivity contribution is 6.39. The molecular weight excluding hydrogens is 364 g/mol. The topological polar surface area (TPSA) is 107 Å². The number of hydrogen-bond acceptors (Lipinski definition) is 7. The number of amides is 1. The molecule has 1 aliphatic heterocycles. The number of rotatable bonds is 6. The molecule has 0 unspecified atom stereocenters. The van der Waals surface area contributed by atoms with Gasteiger partial charge in [0.05, 0.1) is 27.2 Å². The van der Waals surface area contributed by atoms with Gasteiger partial charge in [-0.05, 0) is 23.8 Å². The zero-order valence-corrected chi connectivity index (χ0v) is 15.7. The molecule has 1 amide bonds. The van der Waals surface area contributed by atoms with E-state index in [-0.39, 0.29) is 12.3 Å². The van der Waals surface area contributed by atoms with Crippen molar-refractivity contribution >= 4 is 23.3 Å². The molecule has 3 rings (SSSR count). The van der Waals surface area contributed by atoms with Crippen molar-refractivity contribution in [1.82, 2.24) is 0 Å². The molecule has 0 radical (unpaired) electrons. The Labute approximate surface area is 161 Å². The van der Waals surface area contributed by atoms with Crippen LogP contribution < -0.4 is 19.5 Å². The van der Waals surface area contributed by atoms with Crippen molar-refractivity contribution in [2.75, 3.05) is 33.3 Å². The van der Waals surface area contributed by atoms with E-state index in [9.17, 15) is 9.59 Å². The molecule has 1 heterocycles. The number of nitrogens with one attached hydrogen (secondary N) is 2. The van der Waals surface area contributed by atoms with Crippen LogP contribution >= 0.6 is 0 Å². The van der Waals surface area contributed by atoms with Crippen LogP contribution in [0.2, 0.25) is 0 Å². The van der Waals surface area contributed by atoms with Gasteiger partial charge in [-0.25, -0.2) is 4.79 Å². The highest BCUT2D eigenvalue weighted by Crippen LogP contribution is 2.38. The molecule has 28 heavy (non-hydrogen) atoms. The molecule has 0 saturated carbocycles. The molecule has 1 atom stereocenters. The van der Waals surface area contributed by atoms with Crippen LogP contribution in [-0.4, -0.2) is 45.5 Å². The van der Waals surface area contributed by atoms with Crippen molar-refractivity contribution in [3.05, 3.63) is 47.5 Å². The number of cyclic esters (lactones) is 1. The maximum Gasteiger partial charge on any atom is 0.352 e. The van der Waals surface area contributed by atoms with E-state index in [1.807, 2.05) is 0 Å². The molecule has 0 aromatic heterocycles. The summed E-state index contributed by atoms with van der Waals surface area (Å²) in [6.07, 6.45) is 0. The standard InChI is InChI=1S/C20H20N2O6/c1-25-15-8-11(9-16(26-2)18(15)27-3)19(23)22-14-7-5-4-6-12(14)13-10-28-20(24)17(13)21/h4-9,13,21H,10H2,1-3H3,(H,22,23)/t13-/m0/s1. The highest BCUT2D eigenvalue weighted by atomic mass is 16.5. The third-order valence-electron chi connectivity index (χ3n) is 4.46. The maximum absolute atomic E-state index is 12.8. The van der Waals surface area contributed by atoms with Gasteiger partial charge in [-0.1, -0.05) is 18.2 Å². The van der Waals surface area contributed by atoms with Crippen LogP contribution in [-0.2, 0) is 9.53 Å². The fraction of sp³-hybridized carbons (Fsp3) is 0.250. The van der Waals surface area contributed by atoms with Crippen LogP contribution in [0.15, 0.2) is 36.4 Å². The van der Waals surface area contributed by atoms with Crippen molar-refractivity contribution in [3.8, 4) is 17.2 Å². The van der Waals surface area contributed by atoms with Crippen LogP contribution in [0.4, 0.5) is 5.69 Å². The molecule has 1 fully saturated rings. The lowest BCUT2D eigenvalue weighted by molar-refractivity contribution is -0.132. The largest absolute Gasteiger partial charge is 0.493 e. The summed E-state index contributed by atoms with van der Waals surface area (Å²) in [5, 5.41) is 10.7. The van der Waals surface area contributed by atoms with Crippen LogP contribution in [0.3, 0.4) is 0 Å². The lowest BCUT2D eigenvalue weighted by atomic mass is 9.95. The van der Waals surface area contributed by atoms with E-state index in [0.717, 1.165) is 0 Å². The summed E-state index contributed by atoms with van der Waals surface area (Å²) < 4.78 is 20.8. The Morgan fingerprint density at radius 1 is 1.11 bits per heavy atom. The average Bonchev–Trinajstić information content (AvgIpc) is 3.05. The van der Waals surface area contributed by atoms with E-state index in [4.69, 9.17) is 24.4 Å². The predicted octanol–water partition coefficient (Wildman–Crippen LogP) is 2.62. The molecule has 2 aromatic rings. The minimum Gasteiger partial charge on any atom is -0.493 e. The van der Waals surface area contributed by atoms with E-state index in [2.05, 4.69) is 5.32 Å². The average molecular weight is 384 g/mol. The van der Waals surface area contributed by atoms with Gasteiger partial charge < -0.3 is 24.3 Å². The fourth-order valence-electron chi connectivity index (χ4n) is 3.03. The number of benzene rings is 2. The molecule has 8 heteroatoms. The minimum atomic E-state index is -0.643. The molecule has 1 saturated heterocycles. The molecule has 2 aromatic carbocycles. The number of carbonyl (C=O) groups excluding carboxylic acids is 2. The van der Waals surface area contributed by atoms with E-state index in [1.54, 1.807) is 36.4 Å². The summed E-state index contributed by atoms with van der Waals surface area (Å²) in [7, 11) is 4.42. The molecule has 8 nitrogen and oxygen atoms in total. The van der Waals surface area contributed by atoms with E-state index >= 15 is 0 Å². The molecular formula is C20H20N2O6. The quantitative estimate of drug-likeness (QED) is 0.742. The first-order valence-electron chi connectivity index (χ1n) is 8.46. The molecule has 0 spiro atoms. The number of methoxy groups -OCH3 is 3. The number of esters is 1. The Kier molecular flexibility index (Phi) is 5.49. The van der Waals surface area contributed by atoms with Gasteiger partial charge in [0, 0.05) is 11.3 Å². The number of anilines is 1. The van der Waals surface area contributed by atoms with Crippen LogP contribution in [0.5, 0.6) is 17.2 Å². The van der Waals surface area contributed by atoms with Gasteiger partial charge in [0.15, 0.2) is 11.5 Å². The minimum absolute atomic E-state index is 0.0781. The summed E-state index contributed by atoms with van der Waals surface area (Å²) >= 11 is 0. The second kappa shape index (κ2) is 7.99. The summed E-state index contributed by atoms with van der Waals surface area (Å²) in [6.45, 7) is 0.0781. The van der Waals surface area contributed by atoms with Crippen molar-refractivity contribution in [2.45, 2.75) is 5.92 Å². The Hall–Kier alpha value is -3.55. The Balaban J connectivity index is 1.92. The predicted molar refractivity (Wildman–Crippen MR) is 102 cm³/mol. The smallest absolute Gasteiger partial charge is 0.352 e. The van der Waals surface area contributed by atoms with Gasteiger partial charge in [-0.3, -0.25) is 10.2 Å². The Morgan fingerprint density at radius 2 is 1.75 bits per heavy atom. The van der Waals surface area contributed by atoms with Crippen molar-refractivity contribution in [2.24, 2.45) is 0 Å². The zero-order valence-electron chi connectivity index (χ0n) is 15.7. The number of ether oxygens (including phenoxy) is 4. The number of hydrogen-bond donors (Lipinski definition) is 2. The first-order chi connectivity index (χ1) is 13.5. The van der Waals surface area contributed by atoms with Gasteiger partial charge in [-0.15, -0.1) is 0 Å².